The first-order valence-corrected chi connectivity index (χ1v) is 10.7. The molecule has 0 spiro atoms. The second-order valence-corrected chi connectivity index (χ2v) is 8.05. The van der Waals surface area contributed by atoms with E-state index in [0.717, 1.165) is 39.7 Å². The molecule has 0 aliphatic carbocycles. The first-order chi connectivity index (χ1) is 17.2. The number of nitro benzene ring substituents is 1. The van der Waals surface area contributed by atoms with Crippen LogP contribution in [0.15, 0.2) is 72.8 Å². The average Bonchev–Trinajstić information content (AvgIpc) is 3.16. The Bertz CT molecular complexity index is 1370. The molecular weight excluding hydrogens is 471 g/mol. The van der Waals surface area contributed by atoms with E-state index in [1.54, 1.807) is 25.1 Å². The van der Waals surface area contributed by atoms with Crippen molar-refractivity contribution in [2.45, 2.75) is 19.4 Å². The van der Waals surface area contributed by atoms with Crippen LogP contribution >= 0.6 is 0 Å². The fourth-order valence-electron chi connectivity index (χ4n) is 3.77. The maximum absolute atomic E-state index is 13.4. The minimum atomic E-state index is -1.38. The number of benzene rings is 3. The van der Waals surface area contributed by atoms with E-state index in [0.29, 0.717) is 0 Å². The van der Waals surface area contributed by atoms with Gasteiger partial charge in [0.15, 0.2) is 0 Å². The second kappa shape index (κ2) is 9.74. The summed E-state index contributed by atoms with van der Waals surface area (Å²) in [4.78, 5) is 63.5. The number of amides is 4. The Morgan fingerprint density at radius 1 is 1.03 bits per heavy atom. The zero-order chi connectivity index (χ0) is 26.0. The van der Waals surface area contributed by atoms with E-state index in [2.05, 4.69) is 5.43 Å². The number of hydrazine groups is 1. The molecule has 3 aromatic rings. The van der Waals surface area contributed by atoms with Crippen LogP contribution in [0.5, 0.6) is 0 Å². The molecule has 1 heterocycles. The van der Waals surface area contributed by atoms with Crippen LogP contribution in [-0.4, -0.2) is 39.6 Å². The van der Waals surface area contributed by atoms with Gasteiger partial charge in [0, 0.05) is 23.3 Å². The van der Waals surface area contributed by atoms with Gasteiger partial charge in [-0.3, -0.25) is 34.7 Å². The molecule has 1 N–H and O–H groups in total. The van der Waals surface area contributed by atoms with Gasteiger partial charge in [-0.05, 0) is 55.5 Å². The van der Waals surface area contributed by atoms with Crippen LogP contribution in [0, 0.1) is 22.9 Å². The molecule has 0 saturated carbocycles. The summed E-state index contributed by atoms with van der Waals surface area (Å²) in [6.07, 6.45) is -0.422. The van der Waals surface area contributed by atoms with Gasteiger partial charge in [-0.1, -0.05) is 17.7 Å². The average molecular weight is 490 g/mol. The SMILES string of the molecule is Cc1cccc(C(=O)N(NC(=O)c2ccc([N+](=O)[O-])cc2)C2CC(=O)N(c3ccc(F)cc3)C2=O)c1. The highest BCUT2D eigenvalue weighted by molar-refractivity contribution is 6.23. The summed E-state index contributed by atoms with van der Waals surface area (Å²) in [5.41, 5.74) is 3.20. The number of non-ortho nitro benzene ring substituents is 1. The molecule has 3 aromatic carbocycles. The van der Waals surface area contributed by atoms with Crippen LogP contribution in [-0.2, 0) is 9.59 Å². The Morgan fingerprint density at radius 3 is 2.31 bits per heavy atom. The Labute approximate surface area is 204 Å². The van der Waals surface area contributed by atoms with Crippen molar-refractivity contribution in [2.75, 3.05) is 4.90 Å². The number of halogens is 1. The number of hydrogen-bond acceptors (Lipinski definition) is 6. The highest BCUT2D eigenvalue weighted by Crippen LogP contribution is 2.26. The lowest BCUT2D eigenvalue weighted by Crippen LogP contribution is -2.54. The molecule has 1 unspecified atom stereocenters. The molecule has 1 aliphatic heterocycles. The fraction of sp³-hybridized carbons (Fsp3) is 0.120. The van der Waals surface area contributed by atoms with Gasteiger partial charge in [-0.2, -0.15) is 0 Å². The fourth-order valence-corrected chi connectivity index (χ4v) is 3.77. The molecular formula is C25H19FN4O6. The van der Waals surface area contributed by atoms with Crippen LogP contribution in [0.1, 0.15) is 32.7 Å². The molecule has 0 aromatic heterocycles. The van der Waals surface area contributed by atoms with Crippen LogP contribution < -0.4 is 10.3 Å². The first kappa shape index (κ1) is 24.2. The third-order valence-corrected chi connectivity index (χ3v) is 5.57. The highest BCUT2D eigenvalue weighted by atomic mass is 19.1. The van der Waals surface area contributed by atoms with Gasteiger partial charge in [0.1, 0.15) is 11.9 Å². The number of nitrogens with one attached hydrogen (secondary N) is 1. The molecule has 4 amide bonds. The molecule has 11 heteroatoms. The smallest absolute Gasteiger partial charge is 0.273 e. The van der Waals surface area contributed by atoms with Gasteiger partial charge in [-0.15, -0.1) is 0 Å². The maximum atomic E-state index is 13.4. The number of carbonyl (C=O) groups excluding carboxylic acids is 4. The van der Waals surface area contributed by atoms with Crippen molar-refractivity contribution in [3.05, 3.63) is 105 Å². The van der Waals surface area contributed by atoms with E-state index in [-0.39, 0.29) is 22.5 Å². The van der Waals surface area contributed by atoms with Gasteiger partial charge < -0.3 is 0 Å². The standard InChI is InChI=1S/C25H19FN4O6/c1-15-3-2-4-17(13-15)24(33)29(27-23(32)16-5-9-20(10-6-16)30(35)36)21-14-22(31)28(25(21)34)19-11-7-18(26)8-12-19/h2-13,21H,14H2,1H3,(H,27,32). The van der Waals surface area contributed by atoms with E-state index in [1.807, 2.05) is 0 Å². The molecule has 0 bridgehead atoms. The predicted octanol–water partition coefficient (Wildman–Crippen LogP) is 3.16. The molecule has 10 nitrogen and oxygen atoms in total. The minimum absolute atomic E-state index is 0.00481. The molecule has 36 heavy (non-hydrogen) atoms. The van der Waals surface area contributed by atoms with Gasteiger partial charge in [0.05, 0.1) is 17.0 Å². The molecule has 1 aliphatic rings. The van der Waals surface area contributed by atoms with Crippen molar-refractivity contribution in [1.29, 1.82) is 0 Å². The summed E-state index contributed by atoms with van der Waals surface area (Å²) in [5.74, 6) is -3.52. The number of nitrogens with zero attached hydrogens (tertiary/aromatic N) is 3. The maximum Gasteiger partial charge on any atom is 0.273 e. The van der Waals surface area contributed by atoms with E-state index in [9.17, 15) is 33.7 Å². The van der Waals surface area contributed by atoms with Crippen LogP contribution in [0.2, 0.25) is 0 Å². The number of hydrogen-bond donors (Lipinski definition) is 1. The number of aryl methyl sites for hydroxylation is 1. The van der Waals surface area contributed by atoms with E-state index >= 15 is 0 Å². The number of carbonyl (C=O) groups is 4. The molecule has 1 fully saturated rings. The quantitative estimate of drug-likeness (QED) is 0.332. The van der Waals surface area contributed by atoms with Crippen molar-refractivity contribution in [2.24, 2.45) is 0 Å². The van der Waals surface area contributed by atoms with Crippen LogP contribution in [0.3, 0.4) is 0 Å². The van der Waals surface area contributed by atoms with E-state index in [1.165, 1.54) is 30.3 Å². The molecule has 1 atom stereocenters. The lowest BCUT2D eigenvalue weighted by Gasteiger charge is -2.28. The van der Waals surface area contributed by atoms with Gasteiger partial charge >= 0.3 is 0 Å². The topological polar surface area (TPSA) is 130 Å². The highest BCUT2D eigenvalue weighted by Gasteiger charge is 2.45. The van der Waals surface area contributed by atoms with Crippen LogP contribution in [0.25, 0.3) is 0 Å². The van der Waals surface area contributed by atoms with Crippen LogP contribution in [0.4, 0.5) is 15.8 Å². The van der Waals surface area contributed by atoms with Crippen molar-refractivity contribution < 1.29 is 28.5 Å². The largest absolute Gasteiger partial charge is 0.274 e. The molecule has 4 rings (SSSR count). The summed E-state index contributed by atoms with van der Waals surface area (Å²) >= 11 is 0. The summed E-state index contributed by atoms with van der Waals surface area (Å²) in [6.45, 7) is 1.76. The predicted molar refractivity (Wildman–Crippen MR) is 125 cm³/mol. The first-order valence-electron chi connectivity index (χ1n) is 10.7. The van der Waals surface area contributed by atoms with Gasteiger partial charge in [-0.25, -0.2) is 14.3 Å². The Hall–Kier alpha value is -4.93. The zero-order valence-electron chi connectivity index (χ0n) is 18.9. The van der Waals surface area contributed by atoms with Gasteiger partial charge in [0.2, 0.25) is 5.91 Å². The number of rotatable bonds is 5. The van der Waals surface area contributed by atoms with E-state index in [4.69, 9.17) is 0 Å². The summed E-state index contributed by atoms with van der Waals surface area (Å²) in [6, 6.07) is 14.4. The Kier molecular flexibility index (Phi) is 6.55. The Morgan fingerprint density at radius 2 is 1.69 bits per heavy atom. The van der Waals surface area contributed by atoms with Crippen molar-refractivity contribution in [3.8, 4) is 0 Å². The summed E-state index contributed by atoms with van der Waals surface area (Å²) < 4.78 is 13.3. The lowest BCUT2D eigenvalue weighted by atomic mass is 10.1. The summed E-state index contributed by atoms with van der Waals surface area (Å²) in [5, 5.41) is 11.7. The monoisotopic (exact) mass is 490 g/mol. The van der Waals surface area contributed by atoms with Gasteiger partial charge in [0.25, 0.3) is 23.4 Å². The third kappa shape index (κ3) is 4.80. The van der Waals surface area contributed by atoms with Crippen molar-refractivity contribution in [1.82, 2.24) is 10.4 Å². The molecule has 0 radical (unpaired) electrons. The van der Waals surface area contributed by atoms with Crippen molar-refractivity contribution in [3.63, 3.8) is 0 Å². The Balaban J connectivity index is 1.67. The number of anilines is 1. The normalized spacial score (nSPS) is 15.1. The zero-order valence-corrected chi connectivity index (χ0v) is 18.9. The lowest BCUT2D eigenvalue weighted by molar-refractivity contribution is -0.384. The number of nitro groups is 1. The van der Waals surface area contributed by atoms with E-state index < -0.39 is 46.8 Å². The minimum Gasteiger partial charge on any atom is -0.274 e. The molecule has 1 saturated heterocycles. The van der Waals surface area contributed by atoms with Crippen molar-refractivity contribution >= 4 is 35.0 Å². The number of imide groups is 1. The summed E-state index contributed by atoms with van der Waals surface area (Å²) in [7, 11) is 0. The molecule has 182 valence electrons. The second-order valence-electron chi connectivity index (χ2n) is 8.05. The third-order valence-electron chi connectivity index (χ3n) is 5.57.